The van der Waals surface area contributed by atoms with E-state index in [1.165, 1.54) is 18.5 Å². The molecule has 1 aromatic rings. The molecule has 18 heavy (non-hydrogen) atoms. The summed E-state index contributed by atoms with van der Waals surface area (Å²) in [7, 11) is 0. The third kappa shape index (κ3) is 2.42. The van der Waals surface area contributed by atoms with Gasteiger partial charge in [0, 0.05) is 17.3 Å². The molecule has 0 N–H and O–H groups in total. The van der Waals surface area contributed by atoms with Gasteiger partial charge in [-0.2, -0.15) is 0 Å². The number of rotatable bonds is 3. The van der Waals surface area contributed by atoms with Crippen molar-refractivity contribution in [3.8, 4) is 0 Å². The van der Waals surface area contributed by atoms with Crippen molar-refractivity contribution in [3.63, 3.8) is 0 Å². The molecule has 1 aromatic heterocycles. The number of halogens is 1. The van der Waals surface area contributed by atoms with Crippen LogP contribution in [0.4, 0.5) is 0 Å². The molecule has 1 saturated carbocycles. The third-order valence-electron chi connectivity index (χ3n) is 4.54. The lowest BCUT2D eigenvalue weighted by Gasteiger charge is -2.41. The first-order valence-electron chi connectivity index (χ1n) is 6.99. The summed E-state index contributed by atoms with van der Waals surface area (Å²) in [4.78, 5) is 0. The number of hydrogen-bond acceptors (Lipinski definition) is 2. The monoisotopic (exact) mass is 269 g/mol. The molecule has 0 aliphatic heterocycles. The molecule has 1 fully saturated rings. The summed E-state index contributed by atoms with van der Waals surface area (Å²) in [6, 6.07) is 0. The average molecular weight is 270 g/mol. The molecule has 1 aliphatic carbocycles. The van der Waals surface area contributed by atoms with E-state index < -0.39 is 0 Å². The van der Waals surface area contributed by atoms with Gasteiger partial charge >= 0.3 is 0 Å². The Morgan fingerprint density at radius 1 is 1.44 bits per heavy atom. The predicted molar refractivity (Wildman–Crippen MR) is 74.9 cm³/mol. The van der Waals surface area contributed by atoms with Crippen LogP contribution in [0.1, 0.15) is 52.7 Å². The van der Waals surface area contributed by atoms with Gasteiger partial charge in [-0.3, -0.25) is 0 Å². The predicted octanol–water partition coefficient (Wildman–Crippen LogP) is 3.62. The second-order valence-corrected chi connectivity index (χ2v) is 6.76. The summed E-state index contributed by atoms with van der Waals surface area (Å²) in [6.07, 6.45) is 5.52. The lowest BCUT2D eigenvalue weighted by Crippen LogP contribution is -2.40. The SMILES string of the molecule is CCn1nncc1C(C)(C)C1CCC(C)CC1Cl. The Bertz CT molecular complexity index is 399. The van der Waals surface area contributed by atoms with Crippen LogP contribution < -0.4 is 0 Å². The van der Waals surface area contributed by atoms with Gasteiger partial charge in [-0.25, -0.2) is 4.68 Å². The van der Waals surface area contributed by atoms with Crippen molar-refractivity contribution in [2.24, 2.45) is 11.8 Å². The highest BCUT2D eigenvalue weighted by Gasteiger charge is 2.41. The molecule has 3 atom stereocenters. The molecular weight excluding hydrogens is 246 g/mol. The molecule has 2 rings (SSSR count). The zero-order chi connectivity index (χ0) is 13.3. The number of nitrogens with zero attached hydrogens (tertiary/aromatic N) is 3. The summed E-state index contributed by atoms with van der Waals surface area (Å²) in [5.41, 5.74) is 1.27. The summed E-state index contributed by atoms with van der Waals surface area (Å²) in [5.74, 6) is 1.27. The molecule has 0 spiro atoms. The molecule has 0 bridgehead atoms. The minimum absolute atomic E-state index is 0.0477. The van der Waals surface area contributed by atoms with E-state index in [0.29, 0.717) is 5.92 Å². The molecule has 0 aromatic carbocycles. The number of aromatic nitrogens is 3. The van der Waals surface area contributed by atoms with Crippen LogP contribution in [-0.4, -0.2) is 20.4 Å². The minimum Gasteiger partial charge on any atom is -0.249 e. The van der Waals surface area contributed by atoms with Crippen LogP contribution in [0.25, 0.3) is 0 Å². The summed E-state index contributed by atoms with van der Waals surface area (Å²) < 4.78 is 2.00. The topological polar surface area (TPSA) is 30.7 Å². The van der Waals surface area contributed by atoms with Crippen LogP contribution in [-0.2, 0) is 12.0 Å². The van der Waals surface area contributed by atoms with Crippen LogP contribution >= 0.6 is 11.6 Å². The molecule has 1 aliphatic rings. The molecule has 102 valence electrons. The fourth-order valence-corrected chi connectivity index (χ4v) is 4.05. The number of alkyl halides is 1. The van der Waals surface area contributed by atoms with Gasteiger partial charge in [0.2, 0.25) is 0 Å². The van der Waals surface area contributed by atoms with Crippen molar-refractivity contribution < 1.29 is 0 Å². The van der Waals surface area contributed by atoms with E-state index in [4.69, 9.17) is 11.6 Å². The van der Waals surface area contributed by atoms with E-state index in [-0.39, 0.29) is 10.8 Å². The number of aryl methyl sites for hydroxylation is 1. The maximum Gasteiger partial charge on any atom is 0.0730 e. The lowest BCUT2D eigenvalue weighted by molar-refractivity contribution is 0.199. The Morgan fingerprint density at radius 3 is 2.78 bits per heavy atom. The van der Waals surface area contributed by atoms with Gasteiger partial charge < -0.3 is 0 Å². The van der Waals surface area contributed by atoms with Crippen molar-refractivity contribution in [2.45, 2.75) is 64.3 Å². The van der Waals surface area contributed by atoms with Crippen LogP contribution in [0.3, 0.4) is 0 Å². The molecule has 3 nitrogen and oxygen atoms in total. The first-order valence-corrected chi connectivity index (χ1v) is 7.43. The Morgan fingerprint density at radius 2 is 2.17 bits per heavy atom. The fourth-order valence-electron chi connectivity index (χ4n) is 3.30. The van der Waals surface area contributed by atoms with E-state index in [1.54, 1.807) is 0 Å². The third-order valence-corrected chi connectivity index (χ3v) is 5.02. The Kier molecular flexibility index (Phi) is 4.00. The highest BCUT2D eigenvalue weighted by atomic mass is 35.5. The van der Waals surface area contributed by atoms with Crippen molar-refractivity contribution >= 4 is 11.6 Å². The Labute approximate surface area is 115 Å². The van der Waals surface area contributed by atoms with Crippen molar-refractivity contribution in [1.82, 2.24) is 15.0 Å². The van der Waals surface area contributed by atoms with Gasteiger partial charge in [0.25, 0.3) is 0 Å². The molecule has 4 heteroatoms. The zero-order valence-corrected chi connectivity index (χ0v) is 12.6. The maximum absolute atomic E-state index is 6.62. The van der Waals surface area contributed by atoms with Gasteiger partial charge in [-0.1, -0.05) is 32.4 Å². The lowest BCUT2D eigenvalue weighted by atomic mass is 9.67. The quantitative estimate of drug-likeness (QED) is 0.785. The van der Waals surface area contributed by atoms with Gasteiger partial charge in [0.15, 0.2) is 0 Å². The fraction of sp³-hybridized carbons (Fsp3) is 0.857. The largest absolute Gasteiger partial charge is 0.249 e. The van der Waals surface area contributed by atoms with E-state index in [1.807, 2.05) is 10.9 Å². The van der Waals surface area contributed by atoms with Crippen LogP contribution in [0.15, 0.2) is 6.20 Å². The van der Waals surface area contributed by atoms with Gasteiger partial charge in [-0.15, -0.1) is 16.7 Å². The van der Waals surface area contributed by atoms with Crippen molar-refractivity contribution in [1.29, 1.82) is 0 Å². The molecule has 1 heterocycles. The highest BCUT2D eigenvalue weighted by Crippen LogP contribution is 2.44. The second kappa shape index (κ2) is 5.20. The summed E-state index contributed by atoms with van der Waals surface area (Å²) >= 11 is 6.62. The molecule has 0 amide bonds. The summed E-state index contributed by atoms with van der Waals surface area (Å²) in [6.45, 7) is 9.85. The van der Waals surface area contributed by atoms with Gasteiger partial charge in [0.1, 0.15) is 0 Å². The molecule has 0 saturated heterocycles. The first-order chi connectivity index (χ1) is 8.46. The molecule has 3 unspecified atom stereocenters. The second-order valence-electron chi connectivity index (χ2n) is 6.20. The summed E-state index contributed by atoms with van der Waals surface area (Å²) in [5, 5.41) is 8.49. The van der Waals surface area contributed by atoms with E-state index in [9.17, 15) is 0 Å². The van der Waals surface area contributed by atoms with Crippen LogP contribution in [0, 0.1) is 11.8 Å². The standard InChI is InChI=1S/C14H24ClN3/c1-5-18-13(9-16-17-18)14(3,4)11-7-6-10(2)8-12(11)15/h9-12H,5-8H2,1-4H3. The first kappa shape index (κ1) is 13.9. The normalized spacial score (nSPS) is 29.5. The van der Waals surface area contributed by atoms with Gasteiger partial charge in [-0.05, 0) is 31.6 Å². The zero-order valence-electron chi connectivity index (χ0n) is 11.9. The maximum atomic E-state index is 6.62. The minimum atomic E-state index is 0.0477. The van der Waals surface area contributed by atoms with Gasteiger partial charge in [0.05, 0.1) is 11.9 Å². The molecule has 0 radical (unpaired) electrons. The Balaban J connectivity index is 2.25. The van der Waals surface area contributed by atoms with Crippen molar-refractivity contribution in [2.75, 3.05) is 0 Å². The van der Waals surface area contributed by atoms with Crippen LogP contribution in [0.2, 0.25) is 0 Å². The van der Waals surface area contributed by atoms with Crippen LogP contribution in [0.5, 0.6) is 0 Å². The smallest absolute Gasteiger partial charge is 0.0730 e. The average Bonchev–Trinajstić information content (AvgIpc) is 2.76. The number of hydrogen-bond donors (Lipinski definition) is 0. The van der Waals surface area contributed by atoms with Crippen molar-refractivity contribution in [3.05, 3.63) is 11.9 Å². The highest BCUT2D eigenvalue weighted by molar-refractivity contribution is 6.20. The van der Waals surface area contributed by atoms with E-state index in [0.717, 1.165) is 18.9 Å². The Hall–Kier alpha value is -0.570. The molecular formula is C14H24ClN3. The van der Waals surface area contributed by atoms with E-state index in [2.05, 4.69) is 38.0 Å². The van der Waals surface area contributed by atoms with E-state index >= 15 is 0 Å².